The van der Waals surface area contributed by atoms with Crippen LogP contribution in [0.3, 0.4) is 0 Å². The van der Waals surface area contributed by atoms with Gasteiger partial charge in [-0.25, -0.2) is 0 Å². The number of hydrogen-bond donors (Lipinski definition) is 1. The van der Waals surface area contributed by atoms with Crippen molar-refractivity contribution in [3.05, 3.63) is 17.7 Å². The van der Waals surface area contributed by atoms with Crippen molar-refractivity contribution in [2.45, 2.75) is 50.3 Å². The number of likely N-dealkylation sites (tertiary alicyclic amines) is 1. The molecule has 0 bridgehead atoms. The SMILES string of the molecule is COc1cc(C2C3C(=O)N(C4CCCCC4)C(=O)C3ON2C)cc(OC)c1O. The molecule has 3 fully saturated rings. The summed E-state index contributed by atoms with van der Waals surface area (Å²) in [7, 11) is 4.61. The van der Waals surface area contributed by atoms with Gasteiger partial charge in [0, 0.05) is 13.1 Å². The van der Waals surface area contributed by atoms with E-state index in [0.717, 1.165) is 32.1 Å². The third-order valence-electron chi connectivity index (χ3n) is 6.12. The molecule has 152 valence electrons. The van der Waals surface area contributed by atoms with E-state index in [-0.39, 0.29) is 35.1 Å². The minimum Gasteiger partial charge on any atom is -0.502 e. The van der Waals surface area contributed by atoms with E-state index in [0.29, 0.717) is 5.56 Å². The average Bonchev–Trinajstić information content (AvgIpc) is 3.17. The Morgan fingerprint density at radius 1 is 1.04 bits per heavy atom. The van der Waals surface area contributed by atoms with Gasteiger partial charge in [0.15, 0.2) is 17.6 Å². The van der Waals surface area contributed by atoms with Crippen molar-refractivity contribution >= 4 is 11.8 Å². The summed E-state index contributed by atoms with van der Waals surface area (Å²) in [6.07, 6.45) is 4.13. The lowest BCUT2D eigenvalue weighted by molar-refractivity contribution is -0.172. The minimum absolute atomic E-state index is 0.0298. The monoisotopic (exact) mass is 390 g/mol. The number of fused-ring (bicyclic) bond motifs is 1. The second-order valence-electron chi connectivity index (χ2n) is 7.66. The largest absolute Gasteiger partial charge is 0.502 e. The van der Waals surface area contributed by atoms with Crippen molar-refractivity contribution in [2.75, 3.05) is 21.3 Å². The molecule has 1 aliphatic carbocycles. The molecule has 1 N–H and O–H groups in total. The Kier molecular flexibility index (Phi) is 4.93. The van der Waals surface area contributed by atoms with Gasteiger partial charge in [0.05, 0.1) is 26.2 Å². The Bertz CT molecular complexity index is 766. The van der Waals surface area contributed by atoms with E-state index in [9.17, 15) is 14.7 Å². The summed E-state index contributed by atoms with van der Waals surface area (Å²) < 4.78 is 10.5. The van der Waals surface area contributed by atoms with Gasteiger partial charge >= 0.3 is 0 Å². The van der Waals surface area contributed by atoms with Crippen LogP contribution >= 0.6 is 0 Å². The first kappa shape index (κ1) is 19.0. The Morgan fingerprint density at radius 3 is 2.21 bits per heavy atom. The second-order valence-corrected chi connectivity index (χ2v) is 7.66. The smallest absolute Gasteiger partial charge is 0.261 e. The predicted octanol–water partition coefficient (Wildman–Crippen LogP) is 2.01. The first-order valence-electron chi connectivity index (χ1n) is 9.69. The summed E-state index contributed by atoms with van der Waals surface area (Å²) >= 11 is 0. The van der Waals surface area contributed by atoms with E-state index < -0.39 is 18.1 Å². The summed E-state index contributed by atoms with van der Waals surface area (Å²) in [5.74, 6) is -0.668. The van der Waals surface area contributed by atoms with E-state index in [2.05, 4.69) is 0 Å². The van der Waals surface area contributed by atoms with E-state index in [4.69, 9.17) is 14.3 Å². The molecule has 3 aliphatic rings. The number of rotatable bonds is 4. The van der Waals surface area contributed by atoms with Crippen molar-refractivity contribution in [3.63, 3.8) is 0 Å². The van der Waals surface area contributed by atoms with Crippen molar-refractivity contribution < 1.29 is 29.0 Å². The zero-order valence-electron chi connectivity index (χ0n) is 16.4. The molecule has 2 heterocycles. The highest BCUT2D eigenvalue weighted by Crippen LogP contribution is 2.48. The van der Waals surface area contributed by atoms with Gasteiger partial charge < -0.3 is 14.6 Å². The minimum atomic E-state index is -0.810. The van der Waals surface area contributed by atoms with Crippen LogP contribution in [-0.2, 0) is 14.4 Å². The number of carbonyl (C=O) groups is 2. The van der Waals surface area contributed by atoms with Crippen LogP contribution in [0.5, 0.6) is 17.2 Å². The summed E-state index contributed by atoms with van der Waals surface area (Å²) in [6.45, 7) is 0. The van der Waals surface area contributed by atoms with Crippen molar-refractivity contribution in [2.24, 2.45) is 5.92 Å². The summed E-state index contributed by atoms with van der Waals surface area (Å²) in [5.41, 5.74) is 0.688. The number of aromatic hydroxyl groups is 1. The lowest BCUT2D eigenvalue weighted by Crippen LogP contribution is -2.44. The van der Waals surface area contributed by atoms with Crippen LogP contribution in [0.1, 0.15) is 43.7 Å². The summed E-state index contributed by atoms with van der Waals surface area (Å²) in [5, 5.41) is 11.7. The summed E-state index contributed by atoms with van der Waals surface area (Å²) in [6, 6.07) is 2.81. The van der Waals surface area contributed by atoms with E-state index in [1.54, 1.807) is 24.2 Å². The van der Waals surface area contributed by atoms with E-state index in [1.165, 1.54) is 19.1 Å². The number of phenols is 1. The van der Waals surface area contributed by atoms with E-state index >= 15 is 0 Å². The molecule has 1 saturated carbocycles. The zero-order chi connectivity index (χ0) is 20.0. The Hall–Kier alpha value is -2.32. The second kappa shape index (κ2) is 7.25. The van der Waals surface area contributed by atoms with Crippen molar-refractivity contribution in [3.8, 4) is 17.2 Å². The van der Waals surface area contributed by atoms with Crippen LogP contribution in [0.25, 0.3) is 0 Å². The fourth-order valence-corrected chi connectivity index (χ4v) is 4.77. The highest BCUT2D eigenvalue weighted by Gasteiger charge is 2.60. The van der Waals surface area contributed by atoms with Gasteiger partial charge in [0.2, 0.25) is 11.7 Å². The van der Waals surface area contributed by atoms with Crippen LogP contribution < -0.4 is 9.47 Å². The van der Waals surface area contributed by atoms with Crippen molar-refractivity contribution in [1.82, 2.24) is 9.96 Å². The molecule has 2 aliphatic heterocycles. The topological polar surface area (TPSA) is 88.5 Å². The van der Waals surface area contributed by atoms with Crippen LogP contribution in [0.15, 0.2) is 12.1 Å². The molecular formula is C20H26N2O6. The highest BCUT2D eigenvalue weighted by atomic mass is 16.7. The quantitative estimate of drug-likeness (QED) is 0.787. The molecule has 2 amide bonds. The number of ether oxygens (including phenoxy) is 2. The van der Waals surface area contributed by atoms with Gasteiger partial charge in [-0.3, -0.25) is 19.3 Å². The highest BCUT2D eigenvalue weighted by molar-refractivity contribution is 6.07. The number of nitrogens with zero attached hydrogens (tertiary/aromatic N) is 2. The Labute approximate surface area is 163 Å². The van der Waals surface area contributed by atoms with Gasteiger partial charge in [-0.05, 0) is 30.5 Å². The molecule has 1 aromatic rings. The molecule has 0 spiro atoms. The molecule has 2 saturated heterocycles. The van der Waals surface area contributed by atoms with Crippen LogP contribution in [0.4, 0.5) is 0 Å². The molecule has 28 heavy (non-hydrogen) atoms. The molecule has 0 radical (unpaired) electrons. The lowest BCUT2D eigenvalue weighted by atomic mass is 9.90. The van der Waals surface area contributed by atoms with E-state index in [1.807, 2.05) is 0 Å². The van der Waals surface area contributed by atoms with Gasteiger partial charge in [0.1, 0.15) is 0 Å². The molecular weight excluding hydrogens is 364 g/mol. The lowest BCUT2D eigenvalue weighted by Gasteiger charge is -2.31. The van der Waals surface area contributed by atoms with Crippen molar-refractivity contribution in [1.29, 1.82) is 0 Å². The maximum absolute atomic E-state index is 13.3. The van der Waals surface area contributed by atoms with Crippen LogP contribution in [-0.4, -0.2) is 60.3 Å². The molecule has 8 heteroatoms. The van der Waals surface area contributed by atoms with Gasteiger partial charge in [0.25, 0.3) is 5.91 Å². The van der Waals surface area contributed by atoms with Crippen LogP contribution in [0.2, 0.25) is 0 Å². The average molecular weight is 390 g/mol. The van der Waals surface area contributed by atoms with Gasteiger partial charge in [-0.15, -0.1) is 0 Å². The Morgan fingerprint density at radius 2 is 1.64 bits per heavy atom. The molecule has 3 unspecified atom stereocenters. The number of imide groups is 1. The number of methoxy groups -OCH3 is 2. The molecule has 4 rings (SSSR count). The number of phenolic OH excluding ortho intramolecular Hbond substituents is 1. The van der Waals surface area contributed by atoms with Crippen LogP contribution in [0, 0.1) is 5.92 Å². The number of carbonyl (C=O) groups excluding carboxylic acids is 2. The fourth-order valence-electron chi connectivity index (χ4n) is 4.77. The maximum Gasteiger partial charge on any atom is 0.261 e. The third kappa shape index (κ3) is 2.82. The number of hydroxylamine groups is 2. The molecule has 8 nitrogen and oxygen atoms in total. The van der Waals surface area contributed by atoms with Gasteiger partial charge in [-0.1, -0.05) is 19.3 Å². The first-order chi connectivity index (χ1) is 13.5. The first-order valence-corrected chi connectivity index (χ1v) is 9.69. The summed E-state index contributed by atoms with van der Waals surface area (Å²) in [4.78, 5) is 33.5. The third-order valence-corrected chi connectivity index (χ3v) is 6.12. The number of benzene rings is 1. The normalized spacial score (nSPS) is 28.7. The molecule has 3 atom stereocenters. The number of amides is 2. The number of hydrogen-bond acceptors (Lipinski definition) is 7. The molecule has 0 aromatic heterocycles. The maximum atomic E-state index is 13.3. The molecule has 1 aromatic carbocycles. The Balaban J connectivity index is 1.70. The van der Waals surface area contributed by atoms with Gasteiger partial charge in [-0.2, -0.15) is 5.06 Å². The predicted molar refractivity (Wildman–Crippen MR) is 98.8 cm³/mol. The standard InChI is InChI=1S/C20H26N2O6/c1-21-16(11-9-13(26-2)17(23)14(10-11)27-3)15-18(28-21)20(25)22(19(15)24)12-7-5-4-6-8-12/h9-10,12,15-16,18,23H,4-8H2,1-3H3. The zero-order valence-corrected chi connectivity index (χ0v) is 16.4. The fraction of sp³-hybridized carbons (Fsp3) is 0.600.